The molecule has 1 atom stereocenters. The molecule has 2 rings (SSSR count). The van der Waals surface area contributed by atoms with Crippen molar-refractivity contribution in [3.63, 3.8) is 0 Å². The van der Waals surface area contributed by atoms with Crippen molar-refractivity contribution in [2.45, 2.75) is 26.4 Å². The fraction of sp³-hybridized carbons (Fsp3) is 0.300. The van der Waals surface area contributed by atoms with Crippen LogP contribution >= 0.6 is 0 Å². The Morgan fingerprint density at radius 3 is 2.56 bits per heavy atom. The molecule has 0 radical (unpaired) electrons. The summed E-state index contributed by atoms with van der Waals surface area (Å²) in [6.45, 7) is 4.89. The fourth-order valence-corrected chi connectivity index (χ4v) is 2.51. The third-order valence-corrected chi connectivity index (χ3v) is 3.88. The summed E-state index contributed by atoms with van der Waals surface area (Å²) in [7, 11) is 1.61. The van der Waals surface area contributed by atoms with Gasteiger partial charge in [0.15, 0.2) is 0 Å². The zero-order valence-electron chi connectivity index (χ0n) is 14.8. The number of carbonyl (C=O) groups is 2. The lowest BCUT2D eigenvalue weighted by Crippen LogP contribution is -2.37. The Labute approximate surface area is 148 Å². The van der Waals surface area contributed by atoms with Gasteiger partial charge in [-0.05, 0) is 36.1 Å². The fourth-order valence-electron chi connectivity index (χ4n) is 2.51. The SMILES string of the molecule is COCc1cccc(NC(=O)C(=O)NC[C@H](C)c2cccc(C)c2)c1. The summed E-state index contributed by atoms with van der Waals surface area (Å²) in [6.07, 6.45) is 0. The second kappa shape index (κ2) is 8.99. The quantitative estimate of drug-likeness (QED) is 0.795. The molecule has 0 saturated carbocycles. The lowest BCUT2D eigenvalue weighted by Gasteiger charge is -2.14. The van der Waals surface area contributed by atoms with Gasteiger partial charge < -0.3 is 15.4 Å². The van der Waals surface area contributed by atoms with E-state index in [9.17, 15) is 9.59 Å². The van der Waals surface area contributed by atoms with Crippen LogP contribution in [0.2, 0.25) is 0 Å². The maximum absolute atomic E-state index is 12.0. The normalized spacial score (nSPS) is 11.6. The Bertz CT molecular complexity index is 743. The number of rotatable bonds is 6. The largest absolute Gasteiger partial charge is 0.380 e. The van der Waals surface area contributed by atoms with Gasteiger partial charge in [-0.2, -0.15) is 0 Å². The van der Waals surface area contributed by atoms with Crippen LogP contribution in [0.25, 0.3) is 0 Å². The second-order valence-electron chi connectivity index (χ2n) is 6.11. The molecule has 0 heterocycles. The number of carbonyl (C=O) groups excluding carboxylic acids is 2. The molecule has 0 aliphatic rings. The molecular weight excluding hydrogens is 316 g/mol. The van der Waals surface area contributed by atoms with E-state index in [-0.39, 0.29) is 5.92 Å². The van der Waals surface area contributed by atoms with Gasteiger partial charge in [0.05, 0.1) is 6.61 Å². The molecule has 5 heteroatoms. The van der Waals surface area contributed by atoms with Gasteiger partial charge in [-0.15, -0.1) is 0 Å². The monoisotopic (exact) mass is 340 g/mol. The third kappa shape index (κ3) is 5.72. The smallest absolute Gasteiger partial charge is 0.313 e. The van der Waals surface area contributed by atoms with Gasteiger partial charge in [-0.1, -0.05) is 48.9 Å². The Morgan fingerprint density at radius 1 is 1.08 bits per heavy atom. The summed E-state index contributed by atoms with van der Waals surface area (Å²) in [5, 5.41) is 5.29. The van der Waals surface area contributed by atoms with Gasteiger partial charge >= 0.3 is 11.8 Å². The second-order valence-corrected chi connectivity index (χ2v) is 6.11. The maximum atomic E-state index is 12.0. The zero-order chi connectivity index (χ0) is 18.2. The number of methoxy groups -OCH3 is 1. The highest BCUT2D eigenvalue weighted by Crippen LogP contribution is 2.15. The Balaban J connectivity index is 1.88. The number of amides is 2. The Hall–Kier alpha value is -2.66. The first-order chi connectivity index (χ1) is 12.0. The van der Waals surface area contributed by atoms with Crippen LogP contribution in [-0.4, -0.2) is 25.5 Å². The van der Waals surface area contributed by atoms with E-state index < -0.39 is 11.8 Å². The summed E-state index contributed by atoms with van der Waals surface area (Å²) in [5.74, 6) is -1.19. The van der Waals surface area contributed by atoms with Crippen molar-refractivity contribution < 1.29 is 14.3 Å². The standard InChI is InChI=1S/C20H24N2O3/c1-14-6-4-8-17(10-14)15(2)12-21-19(23)20(24)22-18-9-5-7-16(11-18)13-25-3/h4-11,15H,12-13H2,1-3H3,(H,21,23)(H,22,24)/t15-/m0/s1. The van der Waals surface area contributed by atoms with Crippen LogP contribution in [0.5, 0.6) is 0 Å². The van der Waals surface area contributed by atoms with E-state index in [0.29, 0.717) is 18.8 Å². The molecule has 0 spiro atoms. The highest BCUT2D eigenvalue weighted by Gasteiger charge is 2.15. The molecule has 0 unspecified atom stereocenters. The van der Waals surface area contributed by atoms with E-state index in [1.54, 1.807) is 19.2 Å². The molecule has 5 nitrogen and oxygen atoms in total. The molecule has 0 aromatic heterocycles. The summed E-state index contributed by atoms with van der Waals surface area (Å²) < 4.78 is 5.06. The lowest BCUT2D eigenvalue weighted by molar-refractivity contribution is -0.136. The zero-order valence-corrected chi connectivity index (χ0v) is 14.8. The Morgan fingerprint density at radius 2 is 1.84 bits per heavy atom. The topological polar surface area (TPSA) is 67.4 Å². The summed E-state index contributed by atoms with van der Waals surface area (Å²) in [6, 6.07) is 15.3. The van der Waals surface area contributed by atoms with Crippen molar-refractivity contribution in [3.05, 3.63) is 65.2 Å². The lowest BCUT2D eigenvalue weighted by atomic mass is 9.99. The van der Waals surface area contributed by atoms with Crippen LogP contribution in [0, 0.1) is 6.92 Å². The van der Waals surface area contributed by atoms with E-state index in [1.165, 1.54) is 5.56 Å². The van der Waals surface area contributed by atoms with Gasteiger partial charge in [0, 0.05) is 19.3 Å². The number of hydrogen-bond donors (Lipinski definition) is 2. The summed E-state index contributed by atoms with van der Waals surface area (Å²) >= 11 is 0. The molecule has 2 aromatic rings. The highest BCUT2D eigenvalue weighted by atomic mass is 16.5. The van der Waals surface area contributed by atoms with E-state index in [1.807, 2.05) is 44.2 Å². The molecule has 25 heavy (non-hydrogen) atoms. The first kappa shape index (κ1) is 18.7. The number of aryl methyl sites for hydroxylation is 1. The molecule has 132 valence electrons. The van der Waals surface area contributed by atoms with Crippen molar-refractivity contribution in [2.24, 2.45) is 0 Å². The molecule has 0 saturated heterocycles. The van der Waals surface area contributed by atoms with E-state index in [0.717, 1.165) is 11.1 Å². The summed E-state index contributed by atoms with van der Waals surface area (Å²) in [4.78, 5) is 24.0. The summed E-state index contributed by atoms with van der Waals surface area (Å²) in [5.41, 5.74) is 3.80. The molecule has 2 N–H and O–H groups in total. The average molecular weight is 340 g/mol. The first-order valence-corrected chi connectivity index (χ1v) is 8.23. The van der Waals surface area contributed by atoms with Crippen LogP contribution in [0.3, 0.4) is 0 Å². The Kier molecular flexibility index (Phi) is 6.71. The van der Waals surface area contributed by atoms with Gasteiger partial charge in [0.25, 0.3) is 0 Å². The van der Waals surface area contributed by atoms with Crippen molar-refractivity contribution in [2.75, 3.05) is 19.0 Å². The molecule has 0 aliphatic heterocycles. The van der Waals surface area contributed by atoms with Crippen LogP contribution in [-0.2, 0) is 20.9 Å². The predicted octanol–water partition coefficient (Wildman–Crippen LogP) is 3.00. The van der Waals surface area contributed by atoms with Crippen molar-refractivity contribution in [3.8, 4) is 0 Å². The minimum Gasteiger partial charge on any atom is -0.380 e. The third-order valence-electron chi connectivity index (χ3n) is 3.88. The molecule has 2 aromatic carbocycles. The number of benzene rings is 2. The van der Waals surface area contributed by atoms with E-state index in [4.69, 9.17) is 4.74 Å². The highest BCUT2D eigenvalue weighted by molar-refractivity contribution is 6.39. The van der Waals surface area contributed by atoms with Crippen LogP contribution in [0.15, 0.2) is 48.5 Å². The van der Waals surface area contributed by atoms with Crippen molar-refractivity contribution >= 4 is 17.5 Å². The number of anilines is 1. The predicted molar refractivity (Wildman–Crippen MR) is 98.4 cm³/mol. The molecular formula is C20H24N2O3. The average Bonchev–Trinajstić information content (AvgIpc) is 2.60. The minimum absolute atomic E-state index is 0.127. The van der Waals surface area contributed by atoms with Crippen LogP contribution in [0.1, 0.15) is 29.5 Å². The molecule has 0 aliphatic carbocycles. The van der Waals surface area contributed by atoms with Crippen molar-refractivity contribution in [1.29, 1.82) is 0 Å². The van der Waals surface area contributed by atoms with Gasteiger partial charge in [0.2, 0.25) is 0 Å². The minimum atomic E-state index is -0.675. The first-order valence-electron chi connectivity index (χ1n) is 8.23. The van der Waals surface area contributed by atoms with E-state index in [2.05, 4.69) is 16.7 Å². The van der Waals surface area contributed by atoms with Gasteiger partial charge in [0.1, 0.15) is 0 Å². The molecule has 2 amide bonds. The van der Waals surface area contributed by atoms with Crippen LogP contribution in [0.4, 0.5) is 5.69 Å². The van der Waals surface area contributed by atoms with Crippen LogP contribution < -0.4 is 10.6 Å². The number of ether oxygens (including phenoxy) is 1. The molecule has 0 fully saturated rings. The van der Waals surface area contributed by atoms with Crippen molar-refractivity contribution in [1.82, 2.24) is 5.32 Å². The maximum Gasteiger partial charge on any atom is 0.313 e. The van der Waals surface area contributed by atoms with E-state index >= 15 is 0 Å². The van der Waals surface area contributed by atoms with Gasteiger partial charge in [-0.3, -0.25) is 9.59 Å². The molecule has 0 bridgehead atoms. The number of hydrogen-bond acceptors (Lipinski definition) is 3. The number of nitrogens with one attached hydrogen (secondary N) is 2. The van der Waals surface area contributed by atoms with Gasteiger partial charge in [-0.25, -0.2) is 0 Å².